The summed E-state index contributed by atoms with van der Waals surface area (Å²) in [6.45, 7) is 2.07. The summed E-state index contributed by atoms with van der Waals surface area (Å²) in [7, 11) is 1.25. The lowest BCUT2D eigenvalue weighted by Crippen LogP contribution is -2.52. The number of alkyl carbamates (subject to hydrolysis) is 1. The average molecular weight is 485 g/mol. The van der Waals surface area contributed by atoms with Gasteiger partial charge in [-0.1, -0.05) is 49.4 Å². The van der Waals surface area contributed by atoms with E-state index in [0.717, 1.165) is 28.3 Å². The summed E-state index contributed by atoms with van der Waals surface area (Å²) < 4.78 is 4.72. The lowest BCUT2D eigenvalue weighted by Gasteiger charge is -2.23. The van der Waals surface area contributed by atoms with Crippen LogP contribution >= 0.6 is 11.8 Å². The van der Waals surface area contributed by atoms with Crippen LogP contribution < -0.4 is 10.6 Å². The van der Waals surface area contributed by atoms with Gasteiger partial charge in [0.15, 0.2) is 0 Å². The van der Waals surface area contributed by atoms with Gasteiger partial charge in [-0.3, -0.25) is 19.9 Å². The Balaban J connectivity index is 1.81. The van der Waals surface area contributed by atoms with E-state index in [1.807, 2.05) is 30.3 Å². The van der Waals surface area contributed by atoms with Crippen LogP contribution in [-0.4, -0.2) is 53.0 Å². The van der Waals surface area contributed by atoms with Crippen molar-refractivity contribution in [2.75, 3.05) is 12.9 Å². The van der Waals surface area contributed by atoms with Crippen molar-refractivity contribution in [2.24, 2.45) is 4.99 Å². The minimum absolute atomic E-state index is 0.00756. The number of thioether (sulfide) groups is 1. The molecule has 1 unspecified atom stereocenters. The molecule has 34 heavy (non-hydrogen) atoms. The van der Waals surface area contributed by atoms with E-state index in [9.17, 15) is 19.7 Å². The molecule has 2 aromatic carbocycles. The number of rotatable bonds is 10. The highest BCUT2D eigenvalue weighted by molar-refractivity contribution is 8.14. The monoisotopic (exact) mass is 484 g/mol. The number of benzene rings is 2. The van der Waals surface area contributed by atoms with Crippen molar-refractivity contribution in [1.82, 2.24) is 10.6 Å². The van der Waals surface area contributed by atoms with Crippen LogP contribution in [0.1, 0.15) is 24.5 Å². The molecular weight excluding hydrogens is 456 g/mol. The van der Waals surface area contributed by atoms with E-state index >= 15 is 0 Å². The number of hydrogen-bond donors (Lipinski definition) is 2. The number of carbonyl (C=O) groups is 2. The predicted molar refractivity (Wildman–Crippen MR) is 132 cm³/mol. The molecule has 0 aromatic heterocycles. The Hall–Kier alpha value is -3.40. The summed E-state index contributed by atoms with van der Waals surface area (Å²) in [6, 6.07) is 14.6. The number of methoxy groups -OCH3 is 1. The van der Waals surface area contributed by atoms with Crippen molar-refractivity contribution >= 4 is 34.5 Å². The number of amides is 2. The van der Waals surface area contributed by atoms with Gasteiger partial charge < -0.3 is 15.4 Å². The highest BCUT2D eigenvalue weighted by atomic mass is 32.2. The Bertz CT molecular complexity index is 1030. The zero-order chi connectivity index (χ0) is 24.5. The third kappa shape index (κ3) is 7.05. The predicted octanol–water partition coefficient (Wildman–Crippen LogP) is 3.51. The molecule has 180 valence electrons. The maximum atomic E-state index is 13.3. The van der Waals surface area contributed by atoms with Crippen molar-refractivity contribution in [1.29, 1.82) is 0 Å². The minimum atomic E-state index is -0.844. The molecule has 0 fully saturated rings. The minimum Gasteiger partial charge on any atom is -0.453 e. The number of hydrogen-bond acceptors (Lipinski definition) is 7. The molecule has 2 amide bonds. The number of carbonyl (C=O) groups excluding carboxylic acids is 2. The summed E-state index contributed by atoms with van der Waals surface area (Å²) >= 11 is 1.60. The Morgan fingerprint density at radius 3 is 2.38 bits per heavy atom. The largest absolute Gasteiger partial charge is 0.453 e. The first-order valence-corrected chi connectivity index (χ1v) is 12.0. The molecule has 0 saturated heterocycles. The van der Waals surface area contributed by atoms with Crippen molar-refractivity contribution < 1.29 is 19.2 Å². The highest BCUT2D eigenvalue weighted by Crippen LogP contribution is 2.24. The van der Waals surface area contributed by atoms with Crippen LogP contribution in [0.15, 0.2) is 59.6 Å². The molecule has 0 radical (unpaired) electrons. The molecule has 0 bridgehead atoms. The van der Waals surface area contributed by atoms with Crippen LogP contribution in [0.25, 0.3) is 0 Å². The first kappa shape index (κ1) is 25.2. The summed E-state index contributed by atoms with van der Waals surface area (Å²) in [6.07, 6.45) is 0.919. The summed E-state index contributed by atoms with van der Waals surface area (Å²) in [5.41, 5.74) is 1.73. The highest BCUT2D eigenvalue weighted by Gasteiger charge is 2.29. The molecule has 10 heteroatoms. The second-order valence-corrected chi connectivity index (χ2v) is 8.95. The fourth-order valence-electron chi connectivity index (χ4n) is 3.56. The maximum absolute atomic E-state index is 13.3. The van der Waals surface area contributed by atoms with Crippen LogP contribution in [0.4, 0.5) is 10.5 Å². The Kier molecular flexibility index (Phi) is 9.03. The molecular formula is C24H28N4O5S. The van der Waals surface area contributed by atoms with Crippen LogP contribution in [0, 0.1) is 10.1 Å². The van der Waals surface area contributed by atoms with Crippen LogP contribution in [0.3, 0.4) is 0 Å². The quantitative estimate of drug-likeness (QED) is 0.393. The van der Waals surface area contributed by atoms with E-state index in [2.05, 4.69) is 17.6 Å². The number of aliphatic imine (C=N–C) groups is 1. The van der Waals surface area contributed by atoms with Crippen molar-refractivity contribution in [3.05, 3.63) is 75.8 Å². The maximum Gasteiger partial charge on any atom is 0.407 e. The molecule has 3 rings (SSSR count). The smallest absolute Gasteiger partial charge is 0.407 e. The van der Waals surface area contributed by atoms with Gasteiger partial charge >= 0.3 is 6.09 Å². The van der Waals surface area contributed by atoms with E-state index in [0.29, 0.717) is 12.8 Å². The number of nitrogens with one attached hydrogen (secondary N) is 2. The Morgan fingerprint density at radius 1 is 1.12 bits per heavy atom. The molecule has 0 aliphatic carbocycles. The lowest BCUT2D eigenvalue weighted by molar-refractivity contribution is -0.384. The average Bonchev–Trinajstić information content (AvgIpc) is 3.33. The first-order chi connectivity index (χ1) is 16.4. The van der Waals surface area contributed by atoms with E-state index in [4.69, 9.17) is 9.73 Å². The molecule has 2 aromatic rings. The van der Waals surface area contributed by atoms with Crippen LogP contribution in [-0.2, 0) is 22.4 Å². The van der Waals surface area contributed by atoms with E-state index in [-0.39, 0.29) is 17.6 Å². The number of nitro benzene ring substituents is 1. The third-order valence-corrected chi connectivity index (χ3v) is 6.72. The topological polar surface area (TPSA) is 123 Å². The summed E-state index contributed by atoms with van der Waals surface area (Å²) in [5, 5.41) is 17.5. The Morgan fingerprint density at radius 2 is 1.79 bits per heavy atom. The fraction of sp³-hybridized carbons (Fsp3) is 0.375. The summed E-state index contributed by atoms with van der Waals surface area (Å²) in [5.74, 6) is 0.483. The molecule has 0 spiro atoms. The number of ether oxygens (including phenoxy) is 1. The molecule has 1 heterocycles. The standard InChI is InChI=1S/C24H28N4O5S/c1-3-18-15-34-23(25-18)21(14-17-9-11-19(12-10-17)28(31)32)26-22(29)20(27-24(30)33-2)13-16-7-5-4-6-8-16/h4-12,18,20-21H,3,13-15H2,1-2H3,(H,26,29)(H,27,30)/t18?,20-,21-/m0/s1. The number of non-ortho nitro benzene ring substituents is 1. The van der Waals surface area contributed by atoms with Crippen LogP contribution in [0.5, 0.6) is 0 Å². The fourth-order valence-corrected chi connectivity index (χ4v) is 4.80. The molecule has 1 aliphatic heterocycles. The molecule has 9 nitrogen and oxygen atoms in total. The van der Waals surface area contributed by atoms with Gasteiger partial charge in [0, 0.05) is 24.3 Å². The zero-order valence-electron chi connectivity index (χ0n) is 19.1. The second kappa shape index (κ2) is 12.2. The zero-order valence-corrected chi connectivity index (χ0v) is 19.9. The lowest BCUT2D eigenvalue weighted by atomic mass is 10.0. The molecule has 0 saturated carbocycles. The normalized spacial score (nSPS) is 16.8. The van der Waals surface area contributed by atoms with E-state index in [1.54, 1.807) is 23.9 Å². The van der Waals surface area contributed by atoms with Crippen molar-refractivity contribution in [3.8, 4) is 0 Å². The van der Waals surface area contributed by atoms with Crippen LogP contribution in [0.2, 0.25) is 0 Å². The number of nitrogens with zero attached hydrogens (tertiary/aromatic N) is 2. The SMILES string of the molecule is CCC1CSC([C@H](Cc2ccc([N+](=O)[O-])cc2)NC(=O)[C@H](Cc2ccccc2)NC(=O)OC)=N1. The van der Waals surface area contributed by atoms with Gasteiger partial charge in [0.2, 0.25) is 5.91 Å². The molecule has 3 atom stereocenters. The number of nitro groups is 1. The second-order valence-electron chi connectivity index (χ2n) is 7.91. The molecule has 1 aliphatic rings. The Labute approximate surface area is 202 Å². The first-order valence-electron chi connectivity index (χ1n) is 11.0. The van der Waals surface area contributed by atoms with Gasteiger partial charge in [-0.05, 0) is 24.0 Å². The van der Waals surface area contributed by atoms with Gasteiger partial charge in [-0.25, -0.2) is 4.79 Å². The van der Waals surface area contributed by atoms with Gasteiger partial charge in [0.1, 0.15) is 6.04 Å². The third-order valence-electron chi connectivity index (χ3n) is 5.48. The van der Waals surface area contributed by atoms with Gasteiger partial charge in [0.25, 0.3) is 5.69 Å². The molecule has 2 N–H and O–H groups in total. The van der Waals surface area contributed by atoms with Gasteiger partial charge in [-0.15, -0.1) is 11.8 Å². The van der Waals surface area contributed by atoms with Gasteiger partial charge in [0.05, 0.1) is 29.2 Å². The van der Waals surface area contributed by atoms with Crippen molar-refractivity contribution in [2.45, 2.75) is 44.3 Å². The summed E-state index contributed by atoms with van der Waals surface area (Å²) in [4.78, 5) is 40.5. The van der Waals surface area contributed by atoms with Crippen molar-refractivity contribution in [3.63, 3.8) is 0 Å². The van der Waals surface area contributed by atoms with E-state index < -0.39 is 23.1 Å². The van der Waals surface area contributed by atoms with E-state index in [1.165, 1.54) is 19.2 Å². The van der Waals surface area contributed by atoms with Gasteiger partial charge in [-0.2, -0.15) is 0 Å².